The van der Waals surface area contributed by atoms with Crippen molar-refractivity contribution in [2.75, 3.05) is 6.61 Å². The van der Waals surface area contributed by atoms with E-state index in [9.17, 15) is 35.8 Å². The number of ether oxygens (including phenoxy) is 1. The number of halogens is 7. The first kappa shape index (κ1) is 18.5. The number of rotatable bonds is 6. The lowest BCUT2D eigenvalue weighted by Crippen LogP contribution is -2.48. The van der Waals surface area contributed by atoms with Crippen molar-refractivity contribution in [2.45, 2.75) is 37.7 Å². The van der Waals surface area contributed by atoms with Crippen LogP contribution in [0.4, 0.5) is 30.7 Å². The molecule has 0 saturated heterocycles. The van der Waals surface area contributed by atoms with Crippen LogP contribution in [-0.2, 0) is 0 Å². The Labute approximate surface area is 121 Å². The van der Waals surface area contributed by atoms with Crippen molar-refractivity contribution < 1.29 is 40.6 Å². The van der Waals surface area contributed by atoms with Crippen molar-refractivity contribution in [3.05, 3.63) is 29.6 Å². The Morgan fingerprint density at radius 3 is 2.18 bits per heavy atom. The summed E-state index contributed by atoms with van der Waals surface area (Å²) >= 11 is 0. The maximum atomic E-state index is 13.5. The highest BCUT2D eigenvalue weighted by molar-refractivity contribution is 5.30. The Hall–Kier alpha value is -1.51. The predicted octanol–water partition coefficient (Wildman–Crippen LogP) is 4.18. The van der Waals surface area contributed by atoms with E-state index in [0.717, 1.165) is 12.1 Å². The highest BCUT2D eigenvalue weighted by atomic mass is 19.4. The first-order valence-corrected chi connectivity index (χ1v) is 6.17. The van der Waals surface area contributed by atoms with Crippen LogP contribution in [-0.4, -0.2) is 30.0 Å². The van der Waals surface area contributed by atoms with Crippen LogP contribution < -0.4 is 4.74 Å². The number of benzene rings is 1. The molecule has 1 aromatic rings. The van der Waals surface area contributed by atoms with Crippen LogP contribution in [0.2, 0.25) is 0 Å². The molecule has 0 aliphatic carbocycles. The molecule has 0 radical (unpaired) electrons. The summed E-state index contributed by atoms with van der Waals surface area (Å²) in [6.07, 6.45) is -14.5. The Kier molecular flexibility index (Phi) is 5.66. The molecule has 0 aliphatic rings. The van der Waals surface area contributed by atoms with Crippen molar-refractivity contribution in [1.29, 1.82) is 0 Å². The first-order valence-electron chi connectivity index (χ1n) is 6.17. The molecule has 1 N–H and O–H groups in total. The molecule has 0 aromatic heterocycles. The van der Waals surface area contributed by atoms with Gasteiger partial charge in [-0.3, -0.25) is 0 Å². The summed E-state index contributed by atoms with van der Waals surface area (Å²) < 4.78 is 93.9. The molecule has 0 amide bonds. The quantitative estimate of drug-likeness (QED) is 0.791. The second kappa shape index (κ2) is 6.72. The van der Waals surface area contributed by atoms with Crippen molar-refractivity contribution >= 4 is 0 Å². The number of aliphatic hydroxyl groups excluding tert-OH is 1. The zero-order valence-corrected chi connectivity index (χ0v) is 11.3. The maximum Gasteiger partial charge on any atom is 0.428 e. The topological polar surface area (TPSA) is 29.5 Å². The highest BCUT2D eigenvalue weighted by Gasteiger charge is 2.63. The molecule has 2 nitrogen and oxygen atoms in total. The van der Waals surface area contributed by atoms with E-state index in [4.69, 9.17) is 4.74 Å². The fourth-order valence-electron chi connectivity index (χ4n) is 1.72. The molecule has 0 fully saturated rings. The number of hydrogen-bond acceptors (Lipinski definition) is 2. The monoisotopic (exact) mass is 334 g/mol. The average molecular weight is 334 g/mol. The van der Waals surface area contributed by atoms with E-state index in [0.29, 0.717) is 6.07 Å². The van der Waals surface area contributed by atoms with Gasteiger partial charge in [-0.05, 0) is 24.6 Å². The average Bonchev–Trinajstić information content (AvgIpc) is 2.39. The minimum absolute atomic E-state index is 0.117. The standard InChI is InChI=1S/C13H13F7O2/c1-2-22-10-4-3-7(5-8(10)14)9(21)6-12(17,11(15)16)13(18,19)20/h3-5,9,11,21H,2,6H2,1H3. The molecule has 1 rings (SSSR count). The van der Waals surface area contributed by atoms with E-state index in [1.54, 1.807) is 6.92 Å². The second-order valence-corrected chi connectivity index (χ2v) is 4.50. The van der Waals surface area contributed by atoms with Gasteiger partial charge in [-0.1, -0.05) is 6.07 Å². The molecule has 0 saturated carbocycles. The largest absolute Gasteiger partial charge is 0.491 e. The van der Waals surface area contributed by atoms with Gasteiger partial charge in [0.2, 0.25) is 0 Å². The Morgan fingerprint density at radius 1 is 1.18 bits per heavy atom. The normalized spacial score (nSPS) is 16.5. The number of alkyl halides is 6. The predicted molar refractivity (Wildman–Crippen MR) is 63.0 cm³/mol. The Bertz CT molecular complexity index is 504. The highest BCUT2D eigenvalue weighted by Crippen LogP contribution is 2.44. The second-order valence-electron chi connectivity index (χ2n) is 4.50. The van der Waals surface area contributed by atoms with Crippen LogP contribution >= 0.6 is 0 Å². The summed E-state index contributed by atoms with van der Waals surface area (Å²) in [6, 6.07) is 2.59. The maximum absolute atomic E-state index is 13.5. The molecule has 0 spiro atoms. The zero-order chi connectivity index (χ0) is 17.1. The van der Waals surface area contributed by atoms with Gasteiger partial charge in [0, 0.05) is 6.42 Å². The van der Waals surface area contributed by atoms with Gasteiger partial charge in [0.15, 0.2) is 11.6 Å². The van der Waals surface area contributed by atoms with Gasteiger partial charge in [-0.25, -0.2) is 17.6 Å². The SMILES string of the molecule is CCOc1ccc(C(O)CC(F)(C(F)F)C(F)(F)F)cc1F. The van der Waals surface area contributed by atoms with Crippen molar-refractivity contribution in [1.82, 2.24) is 0 Å². The fourth-order valence-corrected chi connectivity index (χ4v) is 1.72. The van der Waals surface area contributed by atoms with Crippen molar-refractivity contribution in [3.8, 4) is 5.75 Å². The molecule has 9 heteroatoms. The van der Waals surface area contributed by atoms with Gasteiger partial charge >= 0.3 is 6.18 Å². The summed E-state index contributed by atoms with van der Waals surface area (Å²) in [4.78, 5) is 0. The molecule has 22 heavy (non-hydrogen) atoms. The van der Waals surface area contributed by atoms with E-state index in [-0.39, 0.29) is 12.4 Å². The van der Waals surface area contributed by atoms with E-state index < -0.39 is 42.2 Å². The molecular weight excluding hydrogens is 321 g/mol. The number of aliphatic hydroxyl groups is 1. The summed E-state index contributed by atoms with van der Waals surface area (Å²) in [5, 5.41) is 9.53. The van der Waals surface area contributed by atoms with Crippen LogP contribution in [0.25, 0.3) is 0 Å². The van der Waals surface area contributed by atoms with Gasteiger partial charge < -0.3 is 9.84 Å². The fraction of sp³-hybridized carbons (Fsp3) is 0.538. The first-order chi connectivity index (χ1) is 10.0. The van der Waals surface area contributed by atoms with Gasteiger partial charge in [0.05, 0.1) is 12.7 Å². The number of hydrogen-bond donors (Lipinski definition) is 1. The zero-order valence-electron chi connectivity index (χ0n) is 11.3. The lowest BCUT2D eigenvalue weighted by Gasteiger charge is -2.29. The molecule has 1 aromatic carbocycles. The molecule has 2 atom stereocenters. The van der Waals surface area contributed by atoms with E-state index in [2.05, 4.69) is 0 Å². The Balaban J connectivity index is 3.01. The molecular formula is C13H13F7O2. The summed E-state index contributed by atoms with van der Waals surface area (Å²) in [5.41, 5.74) is -5.35. The summed E-state index contributed by atoms with van der Waals surface area (Å²) in [5.74, 6) is -1.23. The third-order valence-electron chi connectivity index (χ3n) is 2.95. The Morgan fingerprint density at radius 2 is 1.77 bits per heavy atom. The third kappa shape index (κ3) is 3.82. The van der Waals surface area contributed by atoms with E-state index in [1.807, 2.05) is 0 Å². The van der Waals surface area contributed by atoms with Gasteiger partial charge in [-0.15, -0.1) is 0 Å². The minimum Gasteiger partial charge on any atom is -0.491 e. The molecule has 2 unspecified atom stereocenters. The molecule has 0 aliphatic heterocycles. The minimum atomic E-state index is -5.87. The summed E-state index contributed by atoms with van der Waals surface area (Å²) in [7, 11) is 0. The molecule has 126 valence electrons. The van der Waals surface area contributed by atoms with Crippen LogP contribution in [0, 0.1) is 5.82 Å². The van der Waals surface area contributed by atoms with Crippen LogP contribution in [0.1, 0.15) is 25.0 Å². The van der Waals surface area contributed by atoms with E-state index in [1.165, 1.54) is 0 Å². The van der Waals surface area contributed by atoms with Crippen LogP contribution in [0.15, 0.2) is 18.2 Å². The lowest BCUT2D eigenvalue weighted by atomic mass is 9.93. The third-order valence-corrected chi connectivity index (χ3v) is 2.95. The van der Waals surface area contributed by atoms with Crippen LogP contribution in [0.3, 0.4) is 0 Å². The molecule has 0 heterocycles. The van der Waals surface area contributed by atoms with Gasteiger partial charge in [-0.2, -0.15) is 13.2 Å². The van der Waals surface area contributed by atoms with Crippen molar-refractivity contribution in [3.63, 3.8) is 0 Å². The van der Waals surface area contributed by atoms with E-state index >= 15 is 0 Å². The van der Waals surface area contributed by atoms with Gasteiger partial charge in [0.25, 0.3) is 12.1 Å². The smallest absolute Gasteiger partial charge is 0.428 e. The van der Waals surface area contributed by atoms with Crippen molar-refractivity contribution in [2.24, 2.45) is 0 Å². The van der Waals surface area contributed by atoms with Crippen LogP contribution in [0.5, 0.6) is 5.75 Å². The lowest BCUT2D eigenvalue weighted by molar-refractivity contribution is -0.276. The molecule has 0 bridgehead atoms. The summed E-state index contributed by atoms with van der Waals surface area (Å²) in [6.45, 7) is 1.68. The van der Waals surface area contributed by atoms with Gasteiger partial charge in [0.1, 0.15) is 0 Å².